The summed E-state index contributed by atoms with van der Waals surface area (Å²) in [5, 5.41) is 45.8. The van der Waals surface area contributed by atoms with E-state index in [0.717, 1.165) is 0 Å². The van der Waals surface area contributed by atoms with Crippen molar-refractivity contribution in [1.29, 1.82) is 0 Å². The molecule has 0 bridgehead atoms. The van der Waals surface area contributed by atoms with E-state index in [1.165, 1.54) is 0 Å². The smallest absolute Gasteiger partial charge is 0.305 e. The molecule has 2 rings (SSSR count). The molecule has 1 aromatic heterocycles. The lowest BCUT2D eigenvalue weighted by Crippen LogP contribution is -2.58. The molecule has 10 nitrogen and oxygen atoms in total. The van der Waals surface area contributed by atoms with Crippen LogP contribution < -0.4 is 16.4 Å². The van der Waals surface area contributed by atoms with Crippen LogP contribution in [-0.2, 0) is 4.79 Å². The quantitative estimate of drug-likeness (QED) is 0.248. The zero-order valence-corrected chi connectivity index (χ0v) is 16.7. The molecule has 0 spiro atoms. The number of carbonyl (C=O) groups is 1. The van der Waals surface area contributed by atoms with E-state index in [4.69, 9.17) is 10.2 Å². The number of para-hydroxylation sites is 2. The van der Waals surface area contributed by atoms with Gasteiger partial charge in [-0.1, -0.05) is 26.0 Å². The van der Waals surface area contributed by atoms with Crippen molar-refractivity contribution in [1.82, 2.24) is 15.6 Å². The predicted molar refractivity (Wildman–Crippen MR) is 106 cm³/mol. The number of hydrogen-bond donors (Lipinski definition) is 7. The summed E-state index contributed by atoms with van der Waals surface area (Å²) in [5.74, 6) is -1.22. The first-order chi connectivity index (χ1) is 13.6. The minimum atomic E-state index is -1.41. The SMILES string of the molecule is CC(C)[C@@H](N)C(O)N[C@@H](C)C(O)N[C@@H](CC(=O)O)C(O)c1nc2ccccc2o1. The molecule has 0 radical (unpaired) electrons. The van der Waals surface area contributed by atoms with Gasteiger partial charge in [-0.15, -0.1) is 0 Å². The van der Waals surface area contributed by atoms with Crippen molar-refractivity contribution >= 4 is 17.1 Å². The Balaban J connectivity index is 2.09. The van der Waals surface area contributed by atoms with E-state index in [0.29, 0.717) is 11.1 Å². The summed E-state index contributed by atoms with van der Waals surface area (Å²) in [6.07, 6.45) is -4.26. The van der Waals surface area contributed by atoms with E-state index >= 15 is 0 Å². The third-order valence-electron chi connectivity index (χ3n) is 4.77. The number of nitrogens with two attached hydrogens (primary N) is 1. The van der Waals surface area contributed by atoms with Crippen LogP contribution in [0.5, 0.6) is 0 Å². The second kappa shape index (κ2) is 10.1. The van der Waals surface area contributed by atoms with Crippen LogP contribution in [0.25, 0.3) is 11.1 Å². The molecule has 0 aliphatic rings. The second-order valence-electron chi connectivity index (χ2n) is 7.50. The molecular weight excluding hydrogens is 380 g/mol. The van der Waals surface area contributed by atoms with Crippen LogP contribution in [0.1, 0.15) is 39.2 Å². The van der Waals surface area contributed by atoms with E-state index in [-0.39, 0.29) is 11.8 Å². The van der Waals surface area contributed by atoms with Gasteiger partial charge in [-0.25, -0.2) is 4.98 Å². The monoisotopic (exact) mass is 410 g/mol. The molecule has 0 aliphatic carbocycles. The minimum Gasteiger partial charge on any atom is -0.481 e. The number of aliphatic hydroxyl groups is 3. The summed E-state index contributed by atoms with van der Waals surface area (Å²) in [5.41, 5.74) is 6.86. The molecule has 0 saturated heterocycles. The van der Waals surface area contributed by atoms with Crippen molar-refractivity contribution in [3.05, 3.63) is 30.2 Å². The van der Waals surface area contributed by atoms with Crippen LogP contribution in [0, 0.1) is 5.92 Å². The summed E-state index contributed by atoms with van der Waals surface area (Å²) < 4.78 is 5.51. The molecule has 29 heavy (non-hydrogen) atoms. The van der Waals surface area contributed by atoms with Gasteiger partial charge in [0.05, 0.1) is 12.5 Å². The van der Waals surface area contributed by atoms with Gasteiger partial charge in [-0.3, -0.25) is 15.4 Å². The van der Waals surface area contributed by atoms with Gasteiger partial charge in [0, 0.05) is 12.1 Å². The summed E-state index contributed by atoms with van der Waals surface area (Å²) in [6, 6.07) is 4.56. The maximum Gasteiger partial charge on any atom is 0.305 e. The molecule has 3 unspecified atom stereocenters. The Morgan fingerprint density at radius 2 is 1.79 bits per heavy atom. The van der Waals surface area contributed by atoms with Crippen molar-refractivity contribution in [2.45, 2.75) is 63.9 Å². The van der Waals surface area contributed by atoms with Crippen LogP contribution in [0.4, 0.5) is 0 Å². The summed E-state index contributed by atoms with van der Waals surface area (Å²) in [6.45, 7) is 5.31. The highest BCUT2D eigenvalue weighted by atomic mass is 16.4. The van der Waals surface area contributed by atoms with Gasteiger partial charge < -0.3 is 30.6 Å². The Hall–Kier alpha value is -2.08. The highest BCUT2D eigenvalue weighted by Crippen LogP contribution is 2.24. The van der Waals surface area contributed by atoms with E-state index < -0.39 is 49.1 Å². The number of fused-ring (bicyclic) bond motifs is 1. The highest BCUT2D eigenvalue weighted by Gasteiger charge is 2.31. The average molecular weight is 410 g/mol. The number of nitrogens with one attached hydrogen (secondary N) is 2. The Bertz CT molecular complexity index is 765. The fourth-order valence-corrected chi connectivity index (χ4v) is 2.84. The number of oxazole rings is 1. The summed E-state index contributed by atoms with van der Waals surface area (Å²) in [7, 11) is 0. The van der Waals surface area contributed by atoms with Crippen molar-refractivity contribution in [2.24, 2.45) is 11.7 Å². The standard InChI is InChI=1S/C19H30N4O6/c1-9(2)15(20)18(28)21-10(3)17(27)22-12(8-14(24)25)16(26)19-23-11-6-4-5-7-13(11)29-19/h4-7,9-10,12,15-18,21-22,26-28H,8,20H2,1-3H3,(H,24,25)/t10-,12-,15+,16?,17?,18?/m0/s1. The Morgan fingerprint density at radius 3 is 2.38 bits per heavy atom. The number of carboxylic acids is 1. The van der Waals surface area contributed by atoms with Crippen molar-refractivity contribution in [3.8, 4) is 0 Å². The van der Waals surface area contributed by atoms with E-state index in [1.54, 1.807) is 31.2 Å². The van der Waals surface area contributed by atoms with Gasteiger partial charge in [-0.2, -0.15) is 0 Å². The molecule has 0 amide bonds. The molecule has 0 saturated carbocycles. The predicted octanol–water partition coefficient (Wildman–Crippen LogP) is -0.108. The summed E-state index contributed by atoms with van der Waals surface area (Å²) >= 11 is 0. The van der Waals surface area contributed by atoms with Crippen molar-refractivity contribution < 1.29 is 29.6 Å². The first-order valence-corrected chi connectivity index (χ1v) is 9.49. The Labute approximate surface area is 168 Å². The number of aliphatic carboxylic acids is 1. The van der Waals surface area contributed by atoms with Crippen LogP contribution in [-0.4, -0.2) is 62.0 Å². The van der Waals surface area contributed by atoms with Gasteiger partial charge >= 0.3 is 5.97 Å². The van der Waals surface area contributed by atoms with E-state index in [2.05, 4.69) is 15.6 Å². The fraction of sp³-hybridized carbons (Fsp3) is 0.579. The molecule has 10 heteroatoms. The lowest BCUT2D eigenvalue weighted by molar-refractivity contribution is -0.138. The first kappa shape index (κ1) is 23.2. The van der Waals surface area contributed by atoms with Crippen molar-refractivity contribution in [3.63, 3.8) is 0 Å². The normalized spacial score (nSPS) is 18.3. The lowest BCUT2D eigenvalue weighted by atomic mass is 10.0. The van der Waals surface area contributed by atoms with Crippen LogP contribution in [0.2, 0.25) is 0 Å². The highest BCUT2D eigenvalue weighted by molar-refractivity contribution is 5.72. The fourth-order valence-electron chi connectivity index (χ4n) is 2.84. The molecule has 8 N–H and O–H groups in total. The number of aromatic nitrogens is 1. The molecule has 2 aromatic rings. The molecule has 162 valence electrons. The van der Waals surface area contributed by atoms with Gasteiger partial charge in [0.2, 0.25) is 5.89 Å². The zero-order valence-electron chi connectivity index (χ0n) is 16.7. The zero-order chi connectivity index (χ0) is 21.7. The number of nitrogens with zero attached hydrogens (tertiary/aromatic N) is 1. The van der Waals surface area contributed by atoms with Crippen LogP contribution in [0.15, 0.2) is 28.7 Å². The number of aliphatic hydroxyl groups excluding tert-OH is 3. The first-order valence-electron chi connectivity index (χ1n) is 9.49. The average Bonchev–Trinajstić information content (AvgIpc) is 3.09. The second-order valence-corrected chi connectivity index (χ2v) is 7.50. The van der Waals surface area contributed by atoms with Crippen molar-refractivity contribution in [2.75, 3.05) is 0 Å². The van der Waals surface area contributed by atoms with E-state index in [9.17, 15) is 25.2 Å². The number of hydrogen-bond acceptors (Lipinski definition) is 9. The molecule has 1 aromatic carbocycles. The minimum absolute atomic E-state index is 0.00976. The maximum atomic E-state index is 11.3. The third kappa shape index (κ3) is 6.20. The maximum absolute atomic E-state index is 11.3. The number of rotatable bonds is 11. The third-order valence-corrected chi connectivity index (χ3v) is 4.77. The lowest BCUT2D eigenvalue weighted by Gasteiger charge is -2.31. The largest absolute Gasteiger partial charge is 0.481 e. The Morgan fingerprint density at radius 1 is 1.14 bits per heavy atom. The topological polar surface area (TPSA) is 174 Å². The molecule has 0 fully saturated rings. The molecule has 6 atom stereocenters. The van der Waals surface area contributed by atoms with Crippen LogP contribution in [0.3, 0.4) is 0 Å². The number of carboxylic acid groups (broad SMARTS) is 1. The molecule has 1 heterocycles. The summed E-state index contributed by atoms with van der Waals surface area (Å²) in [4.78, 5) is 15.4. The van der Waals surface area contributed by atoms with Gasteiger partial charge in [-0.05, 0) is 25.0 Å². The van der Waals surface area contributed by atoms with Gasteiger partial charge in [0.25, 0.3) is 0 Å². The molecular formula is C19H30N4O6. The van der Waals surface area contributed by atoms with E-state index in [1.807, 2.05) is 13.8 Å². The molecule has 0 aliphatic heterocycles. The Kier molecular flexibility index (Phi) is 8.08. The number of benzene rings is 1. The van der Waals surface area contributed by atoms with Gasteiger partial charge in [0.1, 0.15) is 24.1 Å². The van der Waals surface area contributed by atoms with Gasteiger partial charge in [0.15, 0.2) is 5.58 Å². The van der Waals surface area contributed by atoms with Crippen LogP contribution >= 0.6 is 0 Å².